The van der Waals surface area contributed by atoms with Crippen LogP contribution in [-0.2, 0) is 0 Å². The lowest BCUT2D eigenvalue weighted by molar-refractivity contribution is 0.0575. The van der Waals surface area contributed by atoms with Crippen LogP contribution in [0.1, 0.15) is 36.0 Å². The van der Waals surface area contributed by atoms with Gasteiger partial charge in [0.1, 0.15) is 0 Å². The lowest BCUT2D eigenvalue weighted by Crippen LogP contribution is -2.51. The first-order valence-corrected chi connectivity index (χ1v) is 8.28. The number of hydrogen-bond acceptors (Lipinski definition) is 3. The zero-order valence-electron chi connectivity index (χ0n) is 12.8. The Morgan fingerprint density at radius 1 is 1.14 bits per heavy atom. The third-order valence-electron chi connectivity index (χ3n) is 5.15. The van der Waals surface area contributed by atoms with Crippen molar-refractivity contribution in [2.45, 2.75) is 31.7 Å². The first kappa shape index (κ1) is 13.8. The fourth-order valence-corrected chi connectivity index (χ4v) is 3.88. The van der Waals surface area contributed by atoms with Gasteiger partial charge in [-0.1, -0.05) is 25.0 Å². The van der Waals surface area contributed by atoms with E-state index < -0.39 is 0 Å². The topological polar surface area (TPSA) is 52.2 Å². The highest BCUT2D eigenvalue weighted by atomic mass is 16.2. The standard InChI is InChI=1S/C17H22N4O/c22-17(15-7-3-4-13-12-18-19-16(13)15)21-10-8-20(9-11-21)14-5-1-2-6-14/h3-4,7,12,14H,1-2,5-6,8-11H2,(H,18,19). The number of aromatic amines is 1. The van der Waals surface area contributed by atoms with Crippen molar-refractivity contribution in [2.75, 3.05) is 26.2 Å². The van der Waals surface area contributed by atoms with Crippen LogP contribution in [0, 0.1) is 0 Å². The van der Waals surface area contributed by atoms with Gasteiger partial charge in [0.2, 0.25) is 0 Å². The molecule has 1 aliphatic heterocycles. The van der Waals surface area contributed by atoms with Crippen LogP contribution in [0.3, 0.4) is 0 Å². The van der Waals surface area contributed by atoms with Crippen molar-refractivity contribution in [1.29, 1.82) is 0 Å². The second-order valence-electron chi connectivity index (χ2n) is 6.41. The van der Waals surface area contributed by atoms with Crippen LogP contribution in [0.4, 0.5) is 0 Å². The first-order valence-electron chi connectivity index (χ1n) is 8.28. The summed E-state index contributed by atoms with van der Waals surface area (Å²) in [4.78, 5) is 17.4. The molecule has 2 aliphatic rings. The van der Waals surface area contributed by atoms with Crippen LogP contribution >= 0.6 is 0 Å². The van der Waals surface area contributed by atoms with Crippen LogP contribution in [0.5, 0.6) is 0 Å². The molecular weight excluding hydrogens is 276 g/mol. The zero-order valence-corrected chi connectivity index (χ0v) is 12.8. The molecule has 0 unspecified atom stereocenters. The Bertz CT molecular complexity index is 666. The van der Waals surface area contributed by atoms with Crippen molar-refractivity contribution < 1.29 is 4.79 Å². The zero-order chi connectivity index (χ0) is 14.9. The summed E-state index contributed by atoms with van der Waals surface area (Å²) in [6, 6.07) is 6.56. The van der Waals surface area contributed by atoms with Crippen molar-refractivity contribution in [3.8, 4) is 0 Å². The van der Waals surface area contributed by atoms with Gasteiger partial charge < -0.3 is 4.90 Å². The molecule has 2 aromatic rings. The number of H-pyrrole nitrogens is 1. The van der Waals surface area contributed by atoms with Crippen molar-refractivity contribution in [3.63, 3.8) is 0 Å². The molecule has 1 N–H and O–H groups in total. The molecule has 1 aromatic carbocycles. The molecule has 2 fully saturated rings. The summed E-state index contributed by atoms with van der Waals surface area (Å²) in [5.74, 6) is 0.126. The molecule has 0 bridgehead atoms. The van der Waals surface area contributed by atoms with E-state index in [9.17, 15) is 4.79 Å². The highest BCUT2D eigenvalue weighted by Gasteiger charge is 2.28. The Morgan fingerprint density at radius 3 is 2.68 bits per heavy atom. The predicted octanol–water partition coefficient (Wildman–Crippen LogP) is 2.26. The van der Waals surface area contributed by atoms with Gasteiger partial charge in [-0.3, -0.25) is 14.8 Å². The SMILES string of the molecule is O=C(c1cccc2cn[nH]c12)N1CCN(C2CCCC2)CC1. The fourth-order valence-electron chi connectivity index (χ4n) is 3.88. The minimum atomic E-state index is 0.126. The van der Waals surface area contributed by atoms with Crippen LogP contribution in [0.15, 0.2) is 24.4 Å². The van der Waals surface area contributed by atoms with Crippen LogP contribution < -0.4 is 0 Å². The molecule has 22 heavy (non-hydrogen) atoms. The maximum absolute atomic E-state index is 12.8. The van der Waals surface area contributed by atoms with E-state index in [-0.39, 0.29) is 5.91 Å². The van der Waals surface area contributed by atoms with E-state index in [4.69, 9.17) is 0 Å². The molecule has 1 aliphatic carbocycles. The molecule has 1 saturated carbocycles. The summed E-state index contributed by atoms with van der Waals surface area (Å²) in [6.07, 6.45) is 7.17. The molecule has 0 radical (unpaired) electrons. The number of nitrogens with zero attached hydrogens (tertiary/aromatic N) is 3. The molecule has 0 atom stereocenters. The van der Waals surface area contributed by atoms with Gasteiger partial charge >= 0.3 is 0 Å². The molecule has 116 valence electrons. The number of benzene rings is 1. The molecule has 5 heteroatoms. The minimum absolute atomic E-state index is 0.126. The summed E-state index contributed by atoms with van der Waals surface area (Å²) >= 11 is 0. The average molecular weight is 298 g/mol. The molecule has 0 spiro atoms. The molecule has 1 aromatic heterocycles. The number of rotatable bonds is 2. The van der Waals surface area contributed by atoms with Gasteiger partial charge in [-0.25, -0.2) is 0 Å². The van der Waals surface area contributed by atoms with Crippen molar-refractivity contribution in [3.05, 3.63) is 30.0 Å². The van der Waals surface area contributed by atoms with Gasteiger partial charge in [0, 0.05) is 37.6 Å². The average Bonchev–Trinajstić information content (AvgIpc) is 3.25. The predicted molar refractivity (Wildman–Crippen MR) is 85.8 cm³/mol. The second kappa shape index (κ2) is 5.72. The quantitative estimate of drug-likeness (QED) is 0.925. The van der Waals surface area contributed by atoms with Crippen molar-refractivity contribution in [1.82, 2.24) is 20.0 Å². The monoisotopic (exact) mass is 298 g/mol. The summed E-state index contributed by atoms with van der Waals surface area (Å²) in [6.45, 7) is 3.68. The number of fused-ring (bicyclic) bond motifs is 1. The number of carbonyl (C=O) groups is 1. The van der Waals surface area contributed by atoms with Crippen LogP contribution in [-0.4, -0.2) is 58.1 Å². The molecule has 1 amide bonds. The van der Waals surface area contributed by atoms with E-state index >= 15 is 0 Å². The Hall–Kier alpha value is -1.88. The largest absolute Gasteiger partial charge is 0.336 e. The van der Waals surface area contributed by atoms with E-state index in [1.165, 1.54) is 25.7 Å². The van der Waals surface area contributed by atoms with Gasteiger partial charge in [0.25, 0.3) is 5.91 Å². The third-order valence-corrected chi connectivity index (χ3v) is 5.15. The van der Waals surface area contributed by atoms with Gasteiger partial charge in [-0.05, 0) is 18.9 Å². The van der Waals surface area contributed by atoms with Crippen LogP contribution in [0.25, 0.3) is 10.9 Å². The highest BCUT2D eigenvalue weighted by molar-refractivity contribution is 6.05. The highest BCUT2D eigenvalue weighted by Crippen LogP contribution is 2.25. The Balaban J connectivity index is 1.47. The van der Waals surface area contributed by atoms with E-state index in [1.807, 2.05) is 23.1 Å². The number of nitrogens with one attached hydrogen (secondary N) is 1. The van der Waals surface area contributed by atoms with Gasteiger partial charge in [-0.2, -0.15) is 5.10 Å². The third kappa shape index (κ3) is 2.39. The molecule has 2 heterocycles. The molecule has 1 saturated heterocycles. The van der Waals surface area contributed by atoms with Crippen molar-refractivity contribution in [2.24, 2.45) is 0 Å². The summed E-state index contributed by atoms with van der Waals surface area (Å²) in [5, 5.41) is 8.00. The Kier molecular flexibility index (Phi) is 3.58. The van der Waals surface area contributed by atoms with Gasteiger partial charge in [0.15, 0.2) is 0 Å². The number of carbonyl (C=O) groups excluding carboxylic acids is 1. The number of piperazine rings is 1. The maximum atomic E-state index is 12.8. The lowest BCUT2D eigenvalue weighted by Gasteiger charge is -2.38. The van der Waals surface area contributed by atoms with E-state index in [1.54, 1.807) is 6.20 Å². The second-order valence-corrected chi connectivity index (χ2v) is 6.41. The van der Waals surface area contributed by atoms with Crippen LogP contribution in [0.2, 0.25) is 0 Å². The minimum Gasteiger partial charge on any atom is -0.336 e. The van der Waals surface area contributed by atoms with Gasteiger partial charge in [-0.15, -0.1) is 0 Å². The van der Waals surface area contributed by atoms with Crippen molar-refractivity contribution >= 4 is 16.8 Å². The van der Waals surface area contributed by atoms with E-state index in [0.717, 1.165) is 48.7 Å². The Labute approximate surface area is 130 Å². The molecule has 5 nitrogen and oxygen atoms in total. The Morgan fingerprint density at radius 2 is 1.91 bits per heavy atom. The summed E-state index contributed by atoms with van der Waals surface area (Å²) < 4.78 is 0. The summed E-state index contributed by atoms with van der Waals surface area (Å²) in [7, 11) is 0. The van der Waals surface area contributed by atoms with E-state index in [0.29, 0.717) is 0 Å². The summed E-state index contributed by atoms with van der Waals surface area (Å²) in [5.41, 5.74) is 1.59. The number of aromatic nitrogens is 2. The number of para-hydroxylation sites is 1. The maximum Gasteiger partial charge on any atom is 0.256 e. The molecular formula is C17H22N4O. The smallest absolute Gasteiger partial charge is 0.256 e. The van der Waals surface area contributed by atoms with E-state index in [2.05, 4.69) is 15.1 Å². The molecule has 4 rings (SSSR count). The normalized spacial score (nSPS) is 20.8. The number of amides is 1. The fraction of sp³-hybridized carbons (Fsp3) is 0.529. The van der Waals surface area contributed by atoms with Gasteiger partial charge in [0.05, 0.1) is 17.3 Å². The number of hydrogen-bond donors (Lipinski definition) is 1. The first-order chi connectivity index (χ1) is 10.8. The lowest BCUT2D eigenvalue weighted by atomic mass is 10.1.